The van der Waals surface area contributed by atoms with Crippen molar-refractivity contribution in [3.05, 3.63) is 88.9 Å². The van der Waals surface area contributed by atoms with E-state index < -0.39 is 6.10 Å². The van der Waals surface area contributed by atoms with Gasteiger partial charge < -0.3 is 20.3 Å². The van der Waals surface area contributed by atoms with E-state index in [1.807, 2.05) is 43.3 Å². The summed E-state index contributed by atoms with van der Waals surface area (Å²) in [5.74, 6) is 0.613. The first-order chi connectivity index (χ1) is 15.5. The Balaban J connectivity index is 1.53. The lowest BCUT2D eigenvalue weighted by Crippen LogP contribution is -2.38. The van der Waals surface area contributed by atoms with E-state index in [4.69, 9.17) is 16.3 Å². The van der Waals surface area contributed by atoms with Crippen LogP contribution in [-0.4, -0.2) is 22.9 Å². The third-order valence-electron chi connectivity index (χ3n) is 5.21. The fourth-order valence-corrected chi connectivity index (χ4v) is 3.83. The molecule has 32 heavy (non-hydrogen) atoms. The topological polar surface area (TPSA) is 70.7 Å². The van der Waals surface area contributed by atoms with Crippen LogP contribution in [0.25, 0.3) is 0 Å². The molecule has 3 amide bonds. The lowest BCUT2D eigenvalue weighted by Gasteiger charge is -2.23. The Morgan fingerprint density at radius 2 is 1.78 bits per heavy atom. The van der Waals surface area contributed by atoms with Crippen LogP contribution in [0.15, 0.2) is 72.8 Å². The van der Waals surface area contributed by atoms with Gasteiger partial charge in [-0.25, -0.2) is 4.79 Å². The molecule has 0 aromatic heterocycles. The highest BCUT2D eigenvalue weighted by Gasteiger charge is 2.30. The molecule has 7 heteroatoms. The Bertz CT molecular complexity index is 1120. The van der Waals surface area contributed by atoms with Gasteiger partial charge >= 0.3 is 6.03 Å². The summed E-state index contributed by atoms with van der Waals surface area (Å²) in [6.07, 6.45) is 0.0379. The molecule has 4 rings (SSSR count). The molecule has 6 nitrogen and oxygen atoms in total. The number of hydrogen-bond donors (Lipinski definition) is 2. The Kier molecular flexibility index (Phi) is 6.61. The van der Waals surface area contributed by atoms with Gasteiger partial charge in [0, 0.05) is 35.1 Å². The zero-order valence-electron chi connectivity index (χ0n) is 17.7. The van der Waals surface area contributed by atoms with Gasteiger partial charge in [-0.3, -0.25) is 4.79 Å². The molecule has 0 radical (unpaired) electrons. The zero-order valence-corrected chi connectivity index (χ0v) is 18.4. The van der Waals surface area contributed by atoms with Gasteiger partial charge in [-0.05, 0) is 48.4 Å². The van der Waals surface area contributed by atoms with E-state index in [1.54, 1.807) is 41.3 Å². The van der Waals surface area contributed by atoms with Crippen molar-refractivity contribution in [3.8, 4) is 5.75 Å². The third kappa shape index (κ3) is 5.21. The van der Waals surface area contributed by atoms with Crippen LogP contribution in [0.1, 0.15) is 24.5 Å². The first-order valence-corrected chi connectivity index (χ1v) is 10.9. The number of hydrogen-bond acceptors (Lipinski definition) is 3. The number of rotatable bonds is 5. The number of nitrogens with zero attached hydrogens (tertiary/aromatic N) is 1. The van der Waals surface area contributed by atoms with E-state index in [0.29, 0.717) is 41.7 Å². The maximum absolute atomic E-state index is 13.1. The highest BCUT2D eigenvalue weighted by Crippen LogP contribution is 2.30. The van der Waals surface area contributed by atoms with Crippen molar-refractivity contribution in [1.82, 2.24) is 4.90 Å². The van der Waals surface area contributed by atoms with Gasteiger partial charge in [-0.1, -0.05) is 54.9 Å². The second kappa shape index (κ2) is 9.75. The summed E-state index contributed by atoms with van der Waals surface area (Å²) in [5.41, 5.74) is 3.09. The number of ether oxygens (including phenoxy) is 1. The number of halogens is 1. The number of urea groups is 1. The van der Waals surface area contributed by atoms with Crippen molar-refractivity contribution in [1.29, 1.82) is 0 Å². The first kappa shape index (κ1) is 21.7. The normalized spacial score (nSPS) is 15.4. The molecule has 164 valence electrons. The number of amides is 3. The maximum Gasteiger partial charge on any atom is 0.323 e. The quantitative estimate of drug-likeness (QED) is 0.526. The van der Waals surface area contributed by atoms with Gasteiger partial charge in [-0.2, -0.15) is 0 Å². The van der Waals surface area contributed by atoms with Gasteiger partial charge in [0.05, 0.1) is 0 Å². The number of carbonyl (C=O) groups excluding carboxylic acids is 2. The SMILES string of the molecule is CCC1Oc2ccc(NC(=O)Nc3cccc(Cl)c3)cc2CN(Cc2ccccc2)C1=O. The van der Waals surface area contributed by atoms with E-state index in [9.17, 15) is 9.59 Å². The number of anilines is 2. The molecule has 0 spiro atoms. The molecule has 2 N–H and O–H groups in total. The molecule has 1 aliphatic heterocycles. The standard InChI is InChI=1S/C25H24ClN3O3/c1-2-22-24(30)29(15-17-7-4-3-5-8-17)16-18-13-21(11-12-23(18)32-22)28-25(31)27-20-10-6-9-19(26)14-20/h3-14,22H,2,15-16H2,1H3,(H2,27,28,31). The Labute approximate surface area is 192 Å². The highest BCUT2D eigenvalue weighted by atomic mass is 35.5. The second-order valence-corrected chi connectivity index (χ2v) is 8.04. The molecule has 1 unspecified atom stereocenters. The molecule has 1 aliphatic rings. The highest BCUT2D eigenvalue weighted by molar-refractivity contribution is 6.30. The maximum atomic E-state index is 13.1. The fourth-order valence-electron chi connectivity index (χ4n) is 3.64. The van der Waals surface area contributed by atoms with Crippen molar-refractivity contribution < 1.29 is 14.3 Å². The lowest BCUT2D eigenvalue weighted by atomic mass is 10.1. The summed E-state index contributed by atoms with van der Waals surface area (Å²) >= 11 is 5.97. The average molecular weight is 450 g/mol. The molecule has 3 aromatic rings. The number of benzene rings is 3. The Hall–Kier alpha value is -3.51. The Morgan fingerprint density at radius 1 is 1.03 bits per heavy atom. The molecule has 0 aliphatic carbocycles. The van der Waals surface area contributed by atoms with E-state index in [1.165, 1.54) is 0 Å². The molecule has 0 saturated heterocycles. The van der Waals surface area contributed by atoms with Crippen molar-refractivity contribution >= 4 is 34.9 Å². The fraction of sp³-hybridized carbons (Fsp3) is 0.200. The van der Waals surface area contributed by atoms with Gasteiger partial charge in [-0.15, -0.1) is 0 Å². The van der Waals surface area contributed by atoms with Gasteiger partial charge in [0.1, 0.15) is 5.75 Å². The minimum absolute atomic E-state index is 0.0410. The van der Waals surface area contributed by atoms with Crippen molar-refractivity contribution in [2.75, 3.05) is 10.6 Å². The zero-order chi connectivity index (χ0) is 22.5. The summed E-state index contributed by atoms with van der Waals surface area (Å²) < 4.78 is 6.02. The van der Waals surface area contributed by atoms with Crippen LogP contribution < -0.4 is 15.4 Å². The van der Waals surface area contributed by atoms with Crippen LogP contribution in [0.3, 0.4) is 0 Å². The minimum Gasteiger partial charge on any atom is -0.480 e. The van der Waals surface area contributed by atoms with Crippen LogP contribution >= 0.6 is 11.6 Å². The van der Waals surface area contributed by atoms with Crippen molar-refractivity contribution in [2.45, 2.75) is 32.5 Å². The van der Waals surface area contributed by atoms with E-state index in [2.05, 4.69) is 10.6 Å². The van der Waals surface area contributed by atoms with Crippen LogP contribution in [0.4, 0.5) is 16.2 Å². The predicted molar refractivity (Wildman–Crippen MR) is 126 cm³/mol. The predicted octanol–water partition coefficient (Wildman–Crippen LogP) is 5.68. The summed E-state index contributed by atoms with van der Waals surface area (Å²) in [7, 11) is 0. The van der Waals surface area contributed by atoms with Crippen LogP contribution in [-0.2, 0) is 17.9 Å². The van der Waals surface area contributed by atoms with Gasteiger partial charge in [0.2, 0.25) is 0 Å². The molecular weight excluding hydrogens is 426 g/mol. The van der Waals surface area contributed by atoms with Crippen molar-refractivity contribution in [2.24, 2.45) is 0 Å². The van der Waals surface area contributed by atoms with Gasteiger partial charge in [0.25, 0.3) is 5.91 Å². The van der Waals surface area contributed by atoms with E-state index >= 15 is 0 Å². The third-order valence-corrected chi connectivity index (χ3v) is 5.44. The van der Waals surface area contributed by atoms with Crippen LogP contribution in [0.2, 0.25) is 5.02 Å². The molecule has 0 fully saturated rings. The summed E-state index contributed by atoms with van der Waals surface area (Å²) in [6, 6.07) is 21.8. The van der Waals surface area contributed by atoms with Gasteiger partial charge in [0.15, 0.2) is 6.10 Å². The summed E-state index contributed by atoms with van der Waals surface area (Å²) in [6.45, 7) is 2.82. The minimum atomic E-state index is -0.537. The second-order valence-electron chi connectivity index (χ2n) is 7.61. The monoisotopic (exact) mass is 449 g/mol. The summed E-state index contributed by atoms with van der Waals surface area (Å²) in [4.78, 5) is 27.3. The number of nitrogens with one attached hydrogen (secondary N) is 2. The first-order valence-electron chi connectivity index (χ1n) is 10.5. The molecular formula is C25H24ClN3O3. The van der Waals surface area contributed by atoms with Crippen molar-refractivity contribution in [3.63, 3.8) is 0 Å². The number of fused-ring (bicyclic) bond motifs is 1. The lowest BCUT2D eigenvalue weighted by molar-refractivity contribution is -0.139. The average Bonchev–Trinajstić information content (AvgIpc) is 2.90. The van der Waals surface area contributed by atoms with Crippen LogP contribution in [0, 0.1) is 0 Å². The largest absolute Gasteiger partial charge is 0.480 e. The Morgan fingerprint density at radius 3 is 2.50 bits per heavy atom. The molecule has 1 atom stereocenters. The molecule has 1 heterocycles. The number of carbonyl (C=O) groups is 2. The smallest absolute Gasteiger partial charge is 0.323 e. The molecule has 0 saturated carbocycles. The molecule has 3 aromatic carbocycles. The van der Waals surface area contributed by atoms with E-state index in [0.717, 1.165) is 11.1 Å². The van der Waals surface area contributed by atoms with Crippen LogP contribution in [0.5, 0.6) is 5.75 Å². The van der Waals surface area contributed by atoms with E-state index in [-0.39, 0.29) is 11.9 Å². The molecule has 0 bridgehead atoms. The summed E-state index contributed by atoms with van der Waals surface area (Å²) in [5, 5.41) is 6.13.